The summed E-state index contributed by atoms with van der Waals surface area (Å²) < 4.78 is 0. The monoisotopic (exact) mass is 227 g/mol. The highest BCUT2D eigenvalue weighted by molar-refractivity contribution is 8.00. The SMILES string of the molecule is CC(C)C(SCC1(CC#N)CC1)C(=O)O. The van der Waals surface area contributed by atoms with E-state index in [2.05, 4.69) is 6.07 Å². The normalized spacial score (nSPS) is 19.6. The molecule has 1 saturated carbocycles. The van der Waals surface area contributed by atoms with E-state index in [0.29, 0.717) is 6.42 Å². The van der Waals surface area contributed by atoms with Gasteiger partial charge in [-0.3, -0.25) is 4.79 Å². The second kappa shape index (κ2) is 4.89. The van der Waals surface area contributed by atoms with Crippen molar-refractivity contribution in [3.05, 3.63) is 0 Å². The molecule has 0 amide bonds. The molecule has 0 aromatic heterocycles. The van der Waals surface area contributed by atoms with E-state index in [4.69, 9.17) is 10.4 Å². The molecule has 0 aliphatic heterocycles. The highest BCUT2D eigenvalue weighted by Gasteiger charge is 2.43. The van der Waals surface area contributed by atoms with Crippen LogP contribution in [0.5, 0.6) is 0 Å². The summed E-state index contributed by atoms with van der Waals surface area (Å²) in [7, 11) is 0. The molecule has 1 rings (SSSR count). The van der Waals surface area contributed by atoms with Gasteiger partial charge >= 0.3 is 5.97 Å². The van der Waals surface area contributed by atoms with Gasteiger partial charge < -0.3 is 5.11 Å². The van der Waals surface area contributed by atoms with Crippen molar-refractivity contribution in [2.24, 2.45) is 11.3 Å². The summed E-state index contributed by atoms with van der Waals surface area (Å²) in [5.74, 6) is 0.226. The highest BCUT2D eigenvalue weighted by atomic mass is 32.2. The first-order valence-electron chi connectivity index (χ1n) is 5.22. The molecule has 1 unspecified atom stereocenters. The predicted octanol–water partition coefficient (Wildman–Crippen LogP) is 2.52. The van der Waals surface area contributed by atoms with Crippen LogP contribution in [0, 0.1) is 22.7 Å². The lowest BCUT2D eigenvalue weighted by atomic mass is 10.1. The van der Waals surface area contributed by atoms with Gasteiger partial charge in [0.15, 0.2) is 0 Å². The third-order valence-corrected chi connectivity index (χ3v) is 4.71. The Bertz CT molecular complexity index is 279. The largest absolute Gasteiger partial charge is 0.480 e. The molecule has 0 radical (unpaired) electrons. The number of aliphatic carboxylic acids is 1. The molecule has 1 fully saturated rings. The van der Waals surface area contributed by atoms with E-state index < -0.39 is 5.97 Å². The Kier molecular flexibility index (Phi) is 4.04. The molecule has 0 bridgehead atoms. The van der Waals surface area contributed by atoms with Gasteiger partial charge in [-0.05, 0) is 24.2 Å². The van der Waals surface area contributed by atoms with Gasteiger partial charge in [0.05, 0.1) is 6.07 Å². The fraction of sp³-hybridized carbons (Fsp3) is 0.818. The lowest BCUT2D eigenvalue weighted by Gasteiger charge is -2.18. The van der Waals surface area contributed by atoms with Crippen LogP contribution < -0.4 is 0 Å². The fourth-order valence-electron chi connectivity index (χ4n) is 1.53. The van der Waals surface area contributed by atoms with Crippen LogP contribution >= 0.6 is 11.8 Å². The van der Waals surface area contributed by atoms with Crippen molar-refractivity contribution in [1.82, 2.24) is 0 Å². The Morgan fingerprint density at radius 1 is 1.60 bits per heavy atom. The molecule has 0 saturated heterocycles. The van der Waals surface area contributed by atoms with Crippen LogP contribution in [-0.4, -0.2) is 22.1 Å². The predicted molar refractivity (Wildman–Crippen MR) is 60.6 cm³/mol. The molecule has 0 aromatic rings. The van der Waals surface area contributed by atoms with Crippen LogP contribution in [0.4, 0.5) is 0 Å². The molecule has 0 aromatic carbocycles. The number of nitriles is 1. The minimum absolute atomic E-state index is 0.141. The van der Waals surface area contributed by atoms with Crippen LogP contribution in [0.2, 0.25) is 0 Å². The molecule has 1 aliphatic rings. The summed E-state index contributed by atoms with van der Waals surface area (Å²) in [5, 5.41) is 17.3. The summed E-state index contributed by atoms with van der Waals surface area (Å²) in [6.45, 7) is 3.85. The minimum atomic E-state index is -0.734. The van der Waals surface area contributed by atoms with Crippen molar-refractivity contribution in [3.8, 4) is 6.07 Å². The van der Waals surface area contributed by atoms with Crippen molar-refractivity contribution in [3.63, 3.8) is 0 Å². The quantitative estimate of drug-likeness (QED) is 0.757. The number of hydrogen-bond donors (Lipinski definition) is 1. The van der Waals surface area contributed by atoms with Gasteiger partial charge in [0.25, 0.3) is 0 Å². The van der Waals surface area contributed by atoms with Crippen molar-refractivity contribution in [2.75, 3.05) is 5.75 Å². The average molecular weight is 227 g/mol. The lowest BCUT2D eigenvalue weighted by molar-refractivity contribution is -0.137. The van der Waals surface area contributed by atoms with Gasteiger partial charge in [-0.15, -0.1) is 11.8 Å². The number of thioether (sulfide) groups is 1. The number of carboxylic acids is 1. The zero-order valence-electron chi connectivity index (χ0n) is 9.19. The summed E-state index contributed by atoms with van der Waals surface area (Å²) in [6, 6.07) is 2.19. The third-order valence-electron chi connectivity index (χ3n) is 2.83. The first kappa shape index (κ1) is 12.4. The molecule has 1 atom stereocenters. The number of hydrogen-bond acceptors (Lipinski definition) is 3. The molecular weight excluding hydrogens is 210 g/mol. The molecule has 84 valence electrons. The maximum Gasteiger partial charge on any atom is 0.316 e. The third kappa shape index (κ3) is 3.42. The summed E-state index contributed by atoms with van der Waals surface area (Å²) in [6.07, 6.45) is 2.74. The van der Waals surface area contributed by atoms with Gasteiger partial charge in [0, 0.05) is 12.2 Å². The topological polar surface area (TPSA) is 61.1 Å². The number of carbonyl (C=O) groups is 1. The molecule has 1 aliphatic carbocycles. The molecule has 4 heteroatoms. The van der Waals surface area contributed by atoms with Crippen molar-refractivity contribution >= 4 is 17.7 Å². The van der Waals surface area contributed by atoms with E-state index in [1.165, 1.54) is 11.8 Å². The molecule has 15 heavy (non-hydrogen) atoms. The first-order valence-corrected chi connectivity index (χ1v) is 6.27. The van der Waals surface area contributed by atoms with E-state index in [9.17, 15) is 4.79 Å². The fourth-order valence-corrected chi connectivity index (χ4v) is 2.98. The summed E-state index contributed by atoms with van der Waals surface area (Å²) in [4.78, 5) is 11.0. The Morgan fingerprint density at radius 3 is 2.53 bits per heavy atom. The molecule has 0 spiro atoms. The van der Waals surface area contributed by atoms with Gasteiger partial charge in [-0.25, -0.2) is 0 Å². The van der Waals surface area contributed by atoms with E-state index in [1.54, 1.807) is 0 Å². The van der Waals surface area contributed by atoms with Crippen molar-refractivity contribution in [1.29, 1.82) is 5.26 Å². The summed E-state index contributed by atoms with van der Waals surface area (Å²) in [5.41, 5.74) is 0.141. The second-order valence-electron chi connectivity index (χ2n) is 4.65. The average Bonchev–Trinajstić information content (AvgIpc) is 2.85. The number of carboxylic acid groups (broad SMARTS) is 1. The summed E-state index contributed by atoms with van der Waals surface area (Å²) >= 11 is 1.50. The first-order chi connectivity index (χ1) is 7.01. The number of nitrogens with zero attached hydrogens (tertiary/aromatic N) is 1. The van der Waals surface area contributed by atoms with E-state index in [-0.39, 0.29) is 16.6 Å². The minimum Gasteiger partial charge on any atom is -0.480 e. The van der Waals surface area contributed by atoms with Crippen LogP contribution in [0.25, 0.3) is 0 Å². The Hall–Kier alpha value is -0.690. The van der Waals surface area contributed by atoms with Crippen molar-refractivity contribution in [2.45, 2.75) is 38.4 Å². The van der Waals surface area contributed by atoms with E-state index in [0.717, 1.165) is 18.6 Å². The standard InChI is InChI=1S/C11H17NO2S/c1-8(2)9(10(13)14)15-7-11(3-4-11)5-6-12/h8-9H,3-5,7H2,1-2H3,(H,13,14). The maximum atomic E-state index is 11.0. The van der Waals surface area contributed by atoms with Gasteiger partial charge in [-0.1, -0.05) is 13.8 Å². The van der Waals surface area contributed by atoms with Crippen LogP contribution in [0.3, 0.4) is 0 Å². The molecule has 1 N–H and O–H groups in total. The van der Waals surface area contributed by atoms with Crippen LogP contribution in [0.15, 0.2) is 0 Å². The second-order valence-corrected chi connectivity index (χ2v) is 5.78. The molecular formula is C11H17NO2S. The zero-order chi connectivity index (χ0) is 11.5. The van der Waals surface area contributed by atoms with Gasteiger partial charge in [-0.2, -0.15) is 5.26 Å². The maximum absolute atomic E-state index is 11.0. The lowest BCUT2D eigenvalue weighted by Crippen LogP contribution is -2.24. The van der Waals surface area contributed by atoms with Crippen LogP contribution in [-0.2, 0) is 4.79 Å². The highest BCUT2D eigenvalue weighted by Crippen LogP contribution is 2.51. The van der Waals surface area contributed by atoms with Gasteiger partial charge in [0.2, 0.25) is 0 Å². The Morgan fingerprint density at radius 2 is 2.20 bits per heavy atom. The molecule has 0 heterocycles. The zero-order valence-corrected chi connectivity index (χ0v) is 10.0. The van der Waals surface area contributed by atoms with Gasteiger partial charge in [0.1, 0.15) is 5.25 Å². The van der Waals surface area contributed by atoms with E-state index >= 15 is 0 Å². The van der Waals surface area contributed by atoms with Crippen molar-refractivity contribution < 1.29 is 9.90 Å². The Balaban J connectivity index is 2.41. The Labute approximate surface area is 94.9 Å². The van der Waals surface area contributed by atoms with Crippen LogP contribution in [0.1, 0.15) is 33.1 Å². The smallest absolute Gasteiger partial charge is 0.316 e. The molecule has 3 nitrogen and oxygen atoms in total. The number of rotatable bonds is 6. The van der Waals surface area contributed by atoms with E-state index in [1.807, 2.05) is 13.8 Å².